The summed E-state index contributed by atoms with van der Waals surface area (Å²) in [6.45, 7) is 16.7. The second-order valence-electron chi connectivity index (χ2n) is 8.55. The number of hydrogen-bond acceptors (Lipinski definition) is 1. The molecule has 0 aromatic rings. The summed E-state index contributed by atoms with van der Waals surface area (Å²) in [7, 11) is 0. The van der Waals surface area contributed by atoms with E-state index in [1.165, 1.54) is 12.8 Å². The monoisotopic (exact) mass is 240 g/mol. The van der Waals surface area contributed by atoms with Crippen LogP contribution in [0.2, 0.25) is 0 Å². The van der Waals surface area contributed by atoms with Crippen LogP contribution in [0.3, 0.4) is 0 Å². The molecular weight excluding hydrogens is 208 g/mol. The van der Waals surface area contributed by atoms with Crippen molar-refractivity contribution in [2.75, 3.05) is 0 Å². The molecule has 1 aliphatic carbocycles. The Morgan fingerprint density at radius 1 is 0.941 bits per heavy atom. The number of aliphatic hydroxyl groups excluding tert-OH is 1. The fourth-order valence-electron chi connectivity index (χ4n) is 4.94. The summed E-state index contributed by atoms with van der Waals surface area (Å²) in [6.07, 6.45) is 4.27. The maximum absolute atomic E-state index is 9.73. The van der Waals surface area contributed by atoms with Gasteiger partial charge < -0.3 is 5.11 Å². The highest BCUT2D eigenvalue weighted by Crippen LogP contribution is 2.56. The smallest absolute Gasteiger partial charge is 0.0540 e. The lowest BCUT2D eigenvalue weighted by Gasteiger charge is -2.54. The predicted octanol–water partition coefficient (Wildman–Crippen LogP) is 4.64. The zero-order valence-electron chi connectivity index (χ0n) is 12.9. The molecule has 1 saturated carbocycles. The highest BCUT2D eigenvalue weighted by molar-refractivity contribution is 4.97. The summed E-state index contributed by atoms with van der Waals surface area (Å²) in [4.78, 5) is 0. The molecule has 1 rings (SSSR count). The lowest BCUT2D eigenvalue weighted by atomic mass is 9.51. The number of rotatable bonds is 1. The molecule has 1 fully saturated rings. The third-order valence-electron chi connectivity index (χ3n) is 4.53. The van der Waals surface area contributed by atoms with Crippen LogP contribution in [-0.2, 0) is 0 Å². The summed E-state index contributed by atoms with van der Waals surface area (Å²) >= 11 is 0. The molecular formula is C16H32O. The average Bonchev–Trinajstić information content (AvgIpc) is 2.05. The van der Waals surface area contributed by atoms with Gasteiger partial charge in [0.15, 0.2) is 0 Å². The lowest BCUT2D eigenvalue weighted by Crippen LogP contribution is -2.46. The van der Waals surface area contributed by atoms with Gasteiger partial charge in [-0.05, 0) is 47.8 Å². The molecule has 1 aliphatic rings. The highest BCUT2D eigenvalue weighted by atomic mass is 16.3. The van der Waals surface area contributed by atoms with E-state index in [0.717, 1.165) is 12.8 Å². The van der Waals surface area contributed by atoms with Crippen LogP contribution in [0.5, 0.6) is 0 Å². The Bertz CT molecular complexity index is 232. The van der Waals surface area contributed by atoms with Crippen LogP contribution in [0.25, 0.3) is 0 Å². The molecule has 1 heteroatoms. The van der Waals surface area contributed by atoms with Gasteiger partial charge in [-0.15, -0.1) is 0 Å². The van der Waals surface area contributed by atoms with Crippen molar-refractivity contribution in [1.82, 2.24) is 0 Å². The Balaban J connectivity index is 2.99. The maximum atomic E-state index is 9.73. The van der Waals surface area contributed by atoms with Gasteiger partial charge in [0.25, 0.3) is 0 Å². The van der Waals surface area contributed by atoms with E-state index < -0.39 is 0 Å². The molecule has 0 saturated heterocycles. The fraction of sp³-hybridized carbons (Fsp3) is 1.00. The van der Waals surface area contributed by atoms with Crippen molar-refractivity contribution in [2.45, 2.75) is 80.3 Å². The van der Waals surface area contributed by atoms with Crippen molar-refractivity contribution in [3.8, 4) is 0 Å². The second-order valence-corrected chi connectivity index (χ2v) is 8.55. The van der Waals surface area contributed by atoms with Crippen LogP contribution in [0.1, 0.15) is 74.1 Å². The second kappa shape index (κ2) is 4.57. The molecule has 1 N–H and O–H groups in total. The van der Waals surface area contributed by atoms with Crippen molar-refractivity contribution < 1.29 is 5.11 Å². The number of aliphatic hydroxyl groups is 1. The molecule has 0 heterocycles. The van der Waals surface area contributed by atoms with Crippen LogP contribution < -0.4 is 0 Å². The van der Waals surface area contributed by atoms with Gasteiger partial charge in [-0.1, -0.05) is 48.5 Å². The summed E-state index contributed by atoms with van der Waals surface area (Å²) in [6, 6.07) is 0. The minimum atomic E-state index is -0.0522. The summed E-state index contributed by atoms with van der Waals surface area (Å²) in [5.41, 5.74) is 1.04. The standard InChI is InChI=1S/C16H32O/c1-14(2,3)13(15(4,5)6)16(7)10-8-12(17)9-11-16/h12-13,17H,8-11H2,1-7H3. The van der Waals surface area contributed by atoms with Gasteiger partial charge in [0.2, 0.25) is 0 Å². The molecule has 1 nitrogen and oxygen atoms in total. The normalized spacial score (nSPS) is 31.9. The summed E-state index contributed by atoms with van der Waals surface area (Å²) < 4.78 is 0. The maximum Gasteiger partial charge on any atom is 0.0540 e. The Morgan fingerprint density at radius 2 is 1.29 bits per heavy atom. The van der Waals surface area contributed by atoms with E-state index >= 15 is 0 Å². The van der Waals surface area contributed by atoms with Crippen LogP contribution in [-0.4, -0.2) is 11.2 Å². The molecule has 0 aromatic heterocycles. The van der Waals surface area contributed by atoms with Gasteiger partial charge in [0.05, 0.1) is 6.10 Å². The minimum Gasteiger partial charge on any atom is -0.393 e. The summed E-state index contributed by atoms with van der Waals surface area (Å²) in [5, 5.41) is 9.73. The molecule has 0 unspecified atom stereocenters. The Morgan fingerprint density at radius 3 is 1.59 bits per heavy atom. The Hall–Kier alpha value is -0.0400. The Kier molecular flexibility index (Phi) is 4.04. The lowest BCUT2D eigenvalue weighted by molar-refractivity contribution is -0.0606. The molecule has 102 valence electrons. The molecule has 17 heavy (non-hydrogen) atoms. The quantitative estimate of drug-likeness (QED) is 0.708. The van der Waals surface area contributed by atoms with Crippen molar-refractivity contribution in [2.24, 2.45) is 22.2 Å². The van der Waals surface area contributed by atoms with E-state index in [-0.39, 0.29) is 6.10 Å². The zero-order valence-corrected chi connectivity index (χ0v) is 12.9. The predicted molar refractivity (Wildman–Crippen MR) is 75.0 cm³/mol. The van der Waals surface area contributed by atoms with E-state index in [9.17, 15) is 5.11 Å². The van der Waals surface area contributed by atoms with Crippen molar-refractivity contribution >= 4 is 0 Å². The first-order chi connectivity index (χ1) is 7.47. The van der Waals surface area contributed by atoms with Crippen LogP contribution in [0, 0.1) is 22.2 Å². The third kappa shape index (κ3) is 3.47. The first-order valence-electron chi connectivity index (χ1n) is 7.15. The molecule has 0 spiro atoms. The molecule has 0 amide bonds. The van der Waals surface area contributed by atoms with E-state index in [1.54, 1.807) is 0 Å². The van der Waals surface area contributed by atoms with E-state index in [1.807, 2.05) is 0 Å². The van der Waals surface area contributed by atoms with Gasteiger partial charge in [-0.2, -0.15) is 0 Å². The van der Waals surface area contributed by atoms with Crippen LogP contribution >= 0.6 is 0 Å². The van der Waals surface area contributed by atoms with Gasteiger partial charge in [0.1, 0.15) is 0 Å². The minimum absolute atomic E-state index is 0.0522. The van der Waals surface area contributed by atoms with Gasteiger partial charge >= 0.3 is 0 Å². The first-order valence-corrected chi connectivity index (χ1v) is 7.15. The van der Waals surface area contributed by atoms with Crippen molar-refractivity contribution in [1.29, 1.82) is 0 Å². The Labute approximate surface area is 108 Å². The van der Waals surface area contributed by atoms with E-state index in [0.29, 0.717) is 22.2 Å². The summed E-state index contributed by atoms with van der Waals surface area (Å²) in [5.74, 6) is 0.690. The van der Waals surface area contributed by atoms with Crippen molar-refractivity contribution in [3.05, 3.63) is 0 Å². The fourth-order valence-corrected chi connectivity index (χ4v) is 4.94. The van der Waals surface area contributed by atoms with E-state index in [2.05, 4.69) is 48.5 Å². The molecule has 0 bridgehead atoms. The largest absolute Gasteiger partial charge is 0.393 e. The van der Waals surface area contributed by atoms with Crippen LogP contribution in [0.4, 0.5) is 0 Å². The molecule has 0 aromatic carbocycles. The molecule has 0 radical (unpaired) electrons. The average molecular weight is 240 g/mol. The van der Waals surface area contributed by atoms with E-state index in [4.69, 9.17) is 0 Å². The topological polar surface area (TPSA) is 20.2 Å². The molecule has 0 atom stereocenters. The van der Waals surface area contributed by atoms with Gasteiger partial charge in [0, 0.05) is 0 Å². The van der Waals surface area contributed by atoms with Gasteiger partial charge in [-0.25, -0.2) is 0 Å². The highest BCUT2D eigenvalue weighted by Gasteiger charge is 2.48. The third-order valence-corrected chi connectivity index (χ3v) is 4.53. The van der Waals surface area contributed by atoms with Crippen LogP contribution in [0.15, 0.2) is 0 Å². The van der Waals surface area contributed by atoms with Crippen molar-refractivity contribution in [3.63, 3.8) is 0 Å². The zero-order chi connectivity index (χ0) is 13.5. The molecule has 0 aliphatic heterocycles. The first kappa shape index (κ1) is 15.0. The van der Waals surface area contributed by atoms with Gasteiger partial charge in [-0.3, -0.25) is 0 Å². The SMILES string of the molecule is CC(C)(C)C(C(C)(C)C)C1(C)CCC(O)CC1. The number of hydrogen-bond donors (Lipinski definition) is 1.